The molecule has 0 heterocycles. The first-order valence-corrected chi connectivity index (χ1v) is 8.55. The Morgan fingerprint density at radius 3 is 2.30 bits per heavy atom. The average Bonchev–Trinajstić information content (AvgIpc) is 3.25. The van der Waals surface area contributed by atoms with Crippen molar-refractivity contribution in [3.05, 3.63) is 113 Å². The van der Waals surface area contributed by atoms with Crippen LogP contribution in [0.25, 0.3) is 17.2 Å². The maximum absolute atomic E-state index is 2.39. The largest absolute Gasteiger partial charge is 2.00 e. The Hall–Kier alpha value is -1.41. The first-order valence-electron chi connectivity index (χ1n) is 8.55. The summed E-state index contributed by atoms with van der Waals surface area (Å²) >= 11 is 0. The summed E-state index contributed by atoms with van der Waals surface area (Å²) in [5, 5.41) is 0. The Morgan fingerprint density at radius 2 is 1.52 bits per heavy atom. The third-order valence-corrected chi connectivity index (χ3v) is 5.13. The number of halogens is 2. The van der Waals surface area contributed by atoms with Crippen molar-refractivity contribution in [2.45, 2.75) is 6.42 Å². The molecular weight excluding hydrogens is 538 g/mol. The maximum atomic E-state index is 2.39. The van der Waals surface area contributed by atoms with Gasteiger partial charge in [-0.25, -0.2) is 0 Å². The van der Waals surface area contributed by atoms with Crippen LogP contribution in [0.5, 0.6) is 0 Å². The molecule has 0 radical (unpaired) electrons. The quantitative estimate of drug-likeness (QED) is 0.453. The van der Waals surface area contributed by atoms with E-state index in [1.807, 2.05) is 0 Å². The van der Waals surface area contributed by atoms with Gasteiger partial charge in [-0.2, -0.15) is 0 Å². The van der Waals surface area contributed by atoms with Crippen LogP contribution in [0.3, 0.4) is 0 Å². The normalized spacial score (nSPS) is 18.1. The van der Waals surface area contributed by atoms with Crippen molar-refractivity contribution in [2.75, 3.05) is 0 Å². The van der Waals surface area contributed by atoms with Gasteiger partial charge in [0.05, 0.1) is 0 Å². The van der Waals surface area contributed by atoms with Crippen LogP contribution in [-0.2, 0) is 32.3 Å². The second kappa shape index (κ2) is 9.19. The van der Waals surface area contributed by atoms with E-state index in [0.717, 1.165) is 6.42 Å². The molecule has 5 rings (SSSR count). The third-order valence-electron chi connectivity index (χ3n) is 5.13. The molecule has 0 N–H and O–H groups in total. The predicted molar refractivity (Wildman–Crippen MR) is 102 cm³/mol. The molecule has 132 valence electrons. The van der Waals surface area contributed by atoms with Crippen LogP contribution in [0.2, 0.25) is 0 Å². The monoisotopic (exact) mass is 556 g/mol. The molecule has 1 atom stereocenters. The zero-order valence-electron chi connectivity index (χ0n) is 14.7. The van der Waals surface area contributed by atoms with E-state index in [1.54, 1.807) is 0 Å². The molecule has 3 heteroatoms. The van der Waals surface area contributed by atoms with Gasteiger partial charge >= 0.3 is 25.8 Å². The molecule has 0 fully saturated rings. The van der Waals surface area contributed by atoms with Crippen molar-refractivity contribution in [3.63, 3.8) is 0 Å². The van der Waals surface area contributed by atoms with Gasteiger partial charge in [0.25, 0.3) is 0 Å². The standard InChI is InChI=1S/C24H18.2ClH.Hf/c1-2-8-18-14-21(13-17(18)7-1)23-11-5-6-12-24(23)22-15-19-9-3-4-10-20(19)16-22;;;/h1-15,17H,16H2;2*1H;/q;;;+2/p-2. The minimum Gasteiger partial charge on any atom is -1.00 e. The van der Waals surface area contributed by atoms with Gasteiger partial charge in [0.1, 0.15) is 0 Å². The Balaban J connectivity index is 0.000000871. The van der Waals surface area contributed by atoms with Crippen LogP contribution in [-0.4, -0.2) is 0 Å². The van der Waals surface area contributed by atoms with Crippen LogP contribution < -0.4 is 24.8 Å². The Morgan fingerprint density at radius 1 is 0.778 bits per heavy atom. The second-order valence-electron chi connectivity index (χ2n) is 6.63. The molecule has 0 saturated heterocycles. The van der Waals surface area contributed by atoms with E-state index in [-0.39, 0.29) is 50.7 Å². The van der Waals surface area contributed by atoms with E-state index in [1.165, 1.54) is 39.0 Å². The van der Waals surface area contributed by atoms with Crippen LogP contribution in [0.15, 0.2) is 90.6 Å². The minimum absolute atomic E-state index is 0. The van der Waals surface area contributed by atoms with Crippen molar-refractivity contribution in [1.29, 1.82) is 0 Å². The van der Waals surface area contributed by atoms with E-state index in [0.29, 0.717) is 5.92 Å². The zero-order valence-corrected chi connectivity index (χ0v) is 19.8. The van der Waals surface area contributed by atoms with Gasteiger partial charge in [-0.05, 0) is 45.4 Å². The molecular formula is C24H18Cl2Hf. The Labute approximate surface area is 192 Å². The van der Waals surface area contributed by atoms with Crippen LogP contribution in [0.1, 0.15) is 22.3 Å². The fourth-order valence-electron chi connectivity index (χ4n) is 3.93. The minimum atomic E-state index is 0. The average molecular weight is 556 g/mol. The number of hydrogen-bond donors (Lipinski definition) is 0. The van der Waals surface area contributed by atoms with Crippen molar-refractivity contribution >= 4 is 17.2 Å². The van der Waals surface area contributed by atoms with Gasteiger partial charge in [0.2, 0.25) is 0 Å². The Bertz CT molecular complexity index is 993. The van der Waals surface area contributed by atoms with E-state index >= 15 is 0 Å². The van der Waals surface area contributed by atoms with E-state index < -0.39 is 0 Å². The van der Waals surface area contributed by atoms with E-state index in [2.05, 4.69) is 91.1 Å². The third kappa shape index (κ3) is 4.06. The van der Waals surface area contributed by atoms with Gasteiger partial charge < -0.3 is 24.8 Å². The molecule has 3 aliphatic rings. The van der Waals surface area contributed by atoms with Crippen molar-refractivity contribution < 1.29 is 50.7 Å². The first-order chi connectivity index (χ1) is 11.9. The van der Waals surface area contributed by atoms with Crippen molar-refractivity contribution in [1.82, 2.24) is 0 Å². The first kappa shape index (κ1) is 21.9. The molecule has 0 aliphatic heterocycles. The van der Waals surface area contributed by atoms with Gasteiger partial charge in [-0.3, -0.25) is 0 Å². The smallest absolute Gasteiger partial charge is 1.00 e. The molecule has 2 aromatic carbocycles. The summed E-state index contributed by atoms with van der Waals surface area (Å²) in [6.07, 6.45) is 16.9. The zero-order chi connectivity index (χ0) is 15.9. The molecule has 0 amide bonds. The molecule has 0 saturated carbocycles. The number of hydrogen-bond acceptors (Lipinski definition) is 0. The van der Waals surface area contributed by atoms with E-state index in [9.17, 15) is 0 Å². The molecule has 27 heavy (non-hydrogen) atoms. The summed E-state index contributed by atoms with van der Waals surface area (Å²) in [5.74, 6) is 0.438. The van der Waals surface area contributed by atoms with Gasteiger partial charge in [-0.15, -0.1) is 0 Å². The molecule has 0 bridgehead atoms. The number of rotatable bonds is 2. The summed E-state index contributed by atoms with van der Waals surface area (Å²) in [7, 11) is 0. The van der Waals surface area contributed by atoms with Crippen molar-refractivity contribution in [2.24, 2.45) is 5.92 Å². The number of allylic oxidation sites excluding steroid dienone is 9. The summed E-state index contributed by atoms with van der Waals surface area (Å²) < 4.78 is 0. The molecule has 0 spiro atoms. The van der Waals surface area contributed by atoms with Crippen LogP contribution >= 0.6 is 0 Å². The fourth-order valence-corrected chi connectivity index (χ4v) is 3.93. The number of fused-ring (bicyclic) bond motifs is 2. The van der Waals surface area contributed by atoms with Gasteiger partial charge in [-0.1, -0.05) is 91.1 Å². The summed E-state index contributed by atoms with van der Waals surface area (Å²) in [5.41, 5.74) is 9.67. The van der Waals surface area contributed by atoms with Crippen molar-refractivity contribution in [3.8, 4) is 0 Å². The summed E-state index contributed by atoms with van der Waals surface area (Å²) in [4.78, 5) is 0. The summed E-state index contributed by atoms with van der Waals surface area (Å²) in [6.45, 7) is 0. The van der Waals surface area contributed by atoms with Crippen LogP contribution in [0.4, 0.5) is 0 Å². The molecule has 1 unspecified atom stereocenters. The fraction of sp³-hybridized carbons (Fsp3) is 0.0833. The van der Waals surface area contributed by atoms with Gasteiger partial charge in [0, 0.05) is 5.92 Å². The SMILES string of the molecule is C1=CC2=CC(c3ccccc3C3=Cc4ccccc4C3)=CC2C=C1.[Cl-].[Cl-].[Hf+2]. The molecule has 2 aromatic rings. The predicted octanol–water partition coefficient (Wildman–Crippen LogP) is -0.146. The second-order valence-corrected chi connectivity index (χ2v) is 6.63. The number of benzene rings is 2. The van der Waals surface area contributed by atoms with Gasteiger partial charge in [0.15, 0.2) is 0 Å². The molecule has 0 nitrogen and oxygen atoms in total. The summed E-state index contributed by atoms with van der Waals surface area (Å²) in [6, 6.07) is 17.5. The molecule has 0 aromatic heterocycles. The van der Waals surface area contributed by atoms with Crippen LogP contribution in [0, 0.1) is 5.92 Å². The van der Waals surface area contributed by atoms with E-state index in [4.69, 9.17) is 0 Å². The topological polar surface area (TPSA) is 0 Å². The maximum Gasteiger partial charge on any atom is 2.00 e. The molecule has 3 aliphatic carbocycles. The Kier molecular flexibility index (Phi) is 7.45.